The van der Waals surface area contributed by atoms with E-state index in [0.717, 1.165) is 22.3 Å². The SMILES string of the molecule is COc1cc(C2C(=C(O)c3ccc(OCc4cccc(C)c4)cc3)C(=O)C(=O)N2c2nnc(SCc3ccccc3Cl)s2)ccc1OCc1ccccc1. The van der Waals surface area contributed by atoms with Crippen molar-refractivity contribution in [3.05, 3.63) is 165 Å². The average molecular weight is 776 g/mol. The lowest BCUT2D eigenvalue weighted by molar-refractivity contribution is -0.132. The number of ketones is 1. The number of carbonyl (C=O) groups is 2. The molecule has 0 saturated carbocycles. The first-order valence-electron chi connectivity index (χ1n) is 16.9. The molecule has 9 nitrogen and oxygen atoms in total. The van der Waals surface area contributed by atoms with Crippen molar-refractivity contribution >= 4 is 57.3 Å². The Morgan fingerprint density at radius 3 is 2.33 bits per heavy atom. The first-order chi connectivity index (χ1) is 26.3. The average Bonchev–Trinajstić information content (AvgIpc) is 3.77. The molecule has 1 unspecified atom stereocenters. The van der Waals surface area contributed by atoms with Crippen LogP contribution in [0.15, 0.2) is 131 Å². The minimum atomic E-state index is -1.06. The fourth-order valence-electron chi connectivity index (χ4n) is 6.00. The highest BCUT2D eigenvalue weighted by molar-refractivity contribution is 8.00. The molecule has 6 aromatic rings. The van der Waals surface area contributed by atoms with E-state index in [4.69, 9.17) is 25.8 Å². The van der Waals surface area contributed by atoms with Gasteiger partial charge in [-0.25, -0.2) is 0 Å². The van der Waals surface area contributed by atoms with Gasteiger partial charge in [0, 0.05) is 16.3 Å². The summed E-state index contributed by atoms with van der Waals surface area (Å²) in [6, 6.07) is 36.1. The minimum Gasteiger partial charge on any atom is -0.507 e. The third kappa shape index (κ3) is 8.13. The number of methoxy groups -OCH3 is 1. The Morgan fingerprint density at radius 2 is 1.57 bits per heavy atom. The van der Waals surface area contributed by atoms with Crippen LogP contribution in [0.4, 0.5) is 5.13 Å². The number of hydrogen-bond acceptors (Lipinski definition) is 10. The molecule has 54 heavy (non-hydrogen) atoms. The number of nitrogens with zero attached hydrogens (tertiary/aromatic N) is 3. The predicted molar refractivity (Wildman–Crippen MR) is 211 cm³/mol. The summed E-state index contributed by atoms with van der Waals surface area (Å²) >= 11 is 8.95. The molecule has 1 amide bonds. The summed E-state index contributed by atoms with van der Waals surface area (Å²) < 4.78 is 18.4. The fourth-order valence-corrected chi connectivity index (χ4v) is 8.15. The molecule has 1 aliphatic heterocycles. The number of thioether (sulfide) groups is 1. The number of ether oxygens (including phenoxy) is 3. The molecule has 1 N–H and O–H groups in total. The Morgan fingerprint density at radius 1 is 0.833 bits per heavy atom. The van der Waals surface area contributed by atoms with Crippen molar-refractivity contribution in [3.8, 4) is 17.2 Å². The van der Waals surface area contributed by atoms with Crippen LogP contribution >= 0.6 is 34.7 Å². The van der Waals surface area contributed by atoms with E-state index in [1.165, 1.54) is 35.1 Å². The summed E-state index contributed by atoms with van der Waals surface area (Å²) in [7, 11) is 1.52. The van der Waals surface area contributed by atoms with Crippen LogP contribution in [0.5, 0.6) is 17.2 Å². The monoisotopic (exact) mass is 775 g/mol. The lowest BCUT2D eigenvalue weighted by atomic mass is 9.95. The second-order valence-electron chi connectivity index (χ2n) is 12.4. The number of Topliss-reactive ketones (excluding diaryl/α,β-unsaturated/α-hetero) is 1. The molecular weight excluding hydrogens is 742 g/mol. The number of carbonyl (C=O) groups excluding carboxylic acids is 2. The summed E-state index contributed by atoms with van der Waals surface area (Å²) in [5.74, 6) is -0.0789. The van der Waals surface area contributed by atoms with Crippen molar-refractivity contribution in [2.75, 3.05) is 12.0 Å². The van der Waals surface area contributed by atoms with Crippen molar-refractivity contribution in [3.63, 3.8) is 0 Å². The lowest BCUT2D eigenvalue weighted by Crippen LogP contribution is -2.29. The molecule has 12 heteroatoms. The van der Waals surface area contributed by atoms with Crippen LogP contribution in [0.1, 0.15) is 39.4 Å². The Balaban J connectivity index is 1.22. The van der Waals surface area contributed by atoms with E-state index in [1.54, 1.807) is 42.5 Å². The van der Waals surface area contributed by atoms with E-state index in [2.05, 4.69) is 16.3 Å². The molecule has 1 fully saturated rings. The van der Waals surface area contributed by atoms with Gasteiger partial charge in [-0.3, -0.25) is 14.5 Å². The molecule has 272 valence electrons. The normalized spacial score (nSPS) is 15.0. The standard InChI is InChI=1S/C42H34ClN3O6S2/c1-26-9-8-12-28(21-26)24-51-32-18-15-29(16-19-32)38(47)36-37(30-17-20-34(35(22-30)50-2)52-23-27-10-4-3-5-11-27)46(40(49)39(36)48)41-44-45-42(54-41)53-25-31-13-6-7-14-33(31)43/h3-22,37,47H,23-25H2,1-2H3. The number of rotatable bonds is 13. The molecule has 0 spiro atoms. The fraction of sp³-hybridized carbons (Fsp3) is 0.143. The van der Waals surface area contributed by atoms with Crippen LogP contribution in [0.2, 0.25) is 5.02 Å². The molecule has 1 atom stereocenters. The van der Waals surface area contributed by atoms with Crippen molar-refractivity contribution in [1.82, 2.24) is 10.2 Å². The number of aliphatic hydroxyl groups excluding tert-OH is 1. The number of halogens is 1. The maximum atomic E-state index is 13.9. The van der Waals surface area contributed by atoms with Gasteiger partial charge in [0.05, 0.1) is 18.7 Å². The van der Waals surface area contributed by atoms with Gasteiger partial charge >= 0.3 is 5.91 Å². The van der Waals surface area contributed by atoms with Crippen LogP contribution in [0, 0.1) is 6.92 Å². The maximum Gasteiger partial charge on any atom is 0.301 e. The second kappa shape index (κ2) is 16.6. The zero-order valence-electron chi connectivity index (χ0n) is 29.3. The van der Waals surface area contributed by atoms with Crippen molar-refractivity contribution in [2.24, 2.45) is 0 Å². The zero-order valence-corrected chi connectivity index (χ0v) is 31.7. The number of aliphatic hydroxyl groups is 1. The van der Waals surface area contributed by atoms with Crippen LogP contribution in [0.25, 0.3) is 5.76 Å². The molecule has 0 radical (unpaired) electrons. The molecule has 2 heterocycles. The van der Waals surface area contributed by atoms with Gasteiger partial charge in [0.2, 0.25) is 5.13 Å². The Bertz CT molecular complexity index is 2330. The van der Waals surface area contributed by atoms with Gasteiger partial charge in [0.25, 0.3) is 5.78 Å². The number of hydrogen-bond donors (Lipinski definition) is 1. The number of anilines is 1. The Labute approximate surface area is 325 Å². The van der Waals surface area contributed by atoms with Crippen molar-refractivity contribution < 1.29 is 28.9 Å². The van der Waals surface area contributed by atoms with E-state index >= 15 is 0 Å². The van der Waals surface area contributed by atoms with Gasteiger partial charge in [-0.15, -0.1) is 10.2 Å². The molecule has 7 rings (SSSR count). The van der Waals surface area contributed by atoms with Gasteiger partial charge in [0.15, 0.2) is 15.8 Å². The van der Waals surface area contributed by atoms with Crippen molar-refractivity contribution in [2.45, 2.75) is 36.3 Å². The van der Waals surface area contributed by atoms with Crippen molar-refractivity contribution in [1.29, 1.82) is 0 Å². The molecule has 1 saturated heterocycles. The number of benzene rings is 5. The predicted octanol–water partition coefficient (Wildman–Crippen LogP) is 9.59. The van der Waals surface area contributed by atoms with E-state index < -0.39 is 17.7 Å². The first-order valence-corrected chi connectivity index (χ1v) is 19.1. The van der Waals surface area contributed by atoms with Gasteiger partial charge in [0.1, 0.15) is 24.7 Å². The van der Waals surface area contributed by atoms with Crippen LogP contribution in [-0.4, -0.2) is 34.1 Å². The summed E-state index contributed by atoms with van der Waals surface area (Å²) in [5.41, 5.74) is 4.79. The lowest BCUT2D eigenvalue weighted by Gasteiger charge is -2.23. The smallest absolute Gasteiger partial charge is 0.301 e. The van der Waals surface area contributed by atoms with Gasteiger partial charge < -0.3 is 19.3 Å². The molecule has 1 aromatic heterocycles. The van der Waals surface area contributed by atoms with Crippen LogP contribution in [0.3, 0.4) is 0 Å². The number of aromatic nitrogens is 2. The van der Waals surface area contributed by atoms with Gasteiger partial charge in [-0.2, -0.15) is 0 Å². The molecule has 0 aliphatic carbocycles. The summed E-state index contributed by atoms with van der Waals surface area (Å²) in [5, 5.41) is 21.3. The molecule has 1 aliphatic rings. The summed E-state index contributed by atoms with van der Waals surface area (Å²) in [4.78, 5) is 29.1. The largest absolute Gasteiger partial charge is 0.507 e. The topological polar surface area (TPSA) is 111 Å². The summed E-state index contributed by atoms with van der Waals surface area (Å²) in [6.07, 6.45) is 0. The minimum absolute atomic E-state index is 0.103. The Kier molecular flexibility index (Phi) is 11.3. The Hall–Kier alpha value is -5.62. The molecule has 0 bridgehead atoms. The quantitative estimate of drug-likeness (QED) is 0.0403. The van der Waals surface area contributed by atoms with E-state index in [1.807, 2.05) is 79.7 Å². The third-order valence-electron chi connectivity index (χ3n) is 8.71. The van der Waals surface area contributed by atoms with Crippen LogP contribution < -0.4 is 19.1 Å². The summed E-state index contributed by atoms with van der Waals surface area (Å²) in [6.45, 7) is 2.69. The highest BCUT2D eigenvalue weighted by Crippen LogP contribution is 2.46. The van der Waals surface area contributed by atoms with E-state index in [9.17, 15) is 14.7 Å². The highest BCUT2D eigenvalue weighted by atomic mass is 35.5. The zero-order chi connectivity index (χ0) is 37.6. The highest BCUT2D eigenvalue weighted by Gasteiger charge is 2.48. The third-order valence-corrected chi connectivity index (χ3v) is 11.2. The first kappa shape index (κ1) is 36.7. The second-order valence-corrected chi connectivity index (χ2v) is 15.0. The maximum absolute atomic E-state index is 13.9. The van der Waals surface area contributed by atoms with E-state index in [-0.39, 0.29) is 16.5 Å². The van der Waals surface area contributed by atoms with E-state index in [0.29, 0.717) is 56.7 Å². The number of amides is 1. The molecular formula is C42H34ClN3O6S2. The number of aryl methyl sites for hydroxylation is 1. The van der Waals surface area contributed by atoms with Gasteiger partial charge in [-0.1, -0.05) is 119 Å². The van der Waals surface area contributed by atoms with Gasteiger partial charge in [-0.05, 0) is 71.6 Å². The van der Waals surface area contributed by atoms with Crippen LogP contribution in [-0.2, 0) is 28.6 Å². The molecule has 5 aromatic carbocycles.